The van der Waals surface area contributed by atoms with Gasteiger partial charge in [0.25, 0.3) is 0 Å². The molecule has 0 spiro atoms. The first-order chi connectivity index (χ1) is 11.6. The summed E-state index contributed by atoms with van der Waals surface area (Å²) in [5, 5.41) is 9.30. The molecule has 2 aliphatic heterocycles. The molecule has 1 aromatic carbocycles. The molecule has 2 fully saturated rings. The minimum Gasteiger partial charge on any atom is -0.465 e. The van der Waals surface area contributed by atoms with E-state index < -0.39 is 6.09 Å². The fourth-order valence-corrected chi connectivity index (χ4v) is 3.67. The van der Waals surface area contributed by atoms with Gasteiger partial charge in [-0.2, -0.15) is 0 Å². The molecule has 0 aliphatic carbocycles. The number of carboxylic acid groups (broad SMARTS) is 1. The smallest absolute Gasteiger partial charge is 0.407 e. The average Bonchev–Trinajstić information content (AvgIpc) is 2.62. The SMILES string of the molecule is O=C1CCN(C(=O)[C@@H]2CCN(C(=O)O)C[C@H]2c2ccccc2)CC1. The standard InChI is InChI=1S/C18H22N2O4/c21-14-6-9-19(10-7-14)17(22)15-8-11-20(18(23)24)12-16(15)13-4-2-1-3-5-13/h1-5,15-16H,6-12H2,(H,23,24)/t15-,16+/m1/s1. The third-order valence-electron chi connectivity index (χ3n) is 5.06. The Kier molecular flexibility index (Phi) is 4.83. The minimum absolute atomic E-state index is 0.0568. The highest BCUT2D eigenvalue weighted by molar-refractivity contribution is 5.85. The number of rotatable bonds is 2. The van der Waals surface area contributed by atoms with Gasteiger partial charge in [-0.1, -0.05) is 30.3 Å². The number of ketones is 1. The molecule has 1 N–H and O–H groups in total. The van der Waals surface area contributed by atoms with Gasteiger partial charge in [0.1, 0.15) is 5.78 Å². The lowest BCUT2D eigenvalue weighted by atomic mass is 9.79. The van der Waals surface area contributed by atoms with Crippen LogP contribution in [0.2, 0.25) is 0 Å². The summed E-state index contributed by atoms with van der Waals surface area (Å²) in [6, 6.07) is 9.65. The lowest BCUT2D eigenvalue weighted by molar-refractivity contribution is -0.140. The molecule has 0 saturated carbocycles. The van der Waals surface area contributed by atoms with Gasteiger partial charge in [0, 0.05) is 50.9 Å². The number of carbonyl (C=O) groups is 3. The Morgan fingerprint density at radius 2 is 1.67 bits per heavy atom. The van der Waals surface area contributed by atoms with E-state index in [0.29, 0.717) is 45.4 Å². The monoisotopic (exact) mass is 330 g/mol. The van der Waals surface area contributed by atoms with Crippen molar-refractivity contribution < 1.29 is 19.5 Å². The van der Waals surface area contributed by atoms with Crippen molar-refractivity contribution in [1.82, 2.24) is 9.80 Å². The molecule has 6 nitrogen and oxygen atoms in total. The summed E-state index contributed by atoms with van der Waals surface area (Å²) in [7, 11) is 0. The zero-order valence-electron chi connectivity index (χ0n) is 13.6. The molecule has 2 aliphatic rings. The summed E-state index contributed by atoms with van der Waals surface area (Å²) in [5.41, 5.74) is 0.995. The van der Waals surface area contributed by atoms with Crippen molar-refractivity contribution in [2.75, 3.05) is 26.2 Å². The number of carbonyl (C=O) groups excluding carboxylic acids is 2. The molecule has 2 heterocycles. The van der Waals surface area contributed by atoms with Crippen LogP contribution in [0, 0.1) is 5.92 Å². The van der Waals surface area contributed by atoms with E-state index in [1.165, 1.54) is 4.90 Å². The number of amides is 2. The number of piperidine rings is 2. The molecule has 0 radical (unpaired) electrons. The molecule has 0 bridgehead atoms. The second-order valence-corrected chi connectivity index (χ2v) is 6.50. The Hall–Kier alpha value is -2.37. The van der Waals surface area contributed by atoms with E-state index in [1.54, 1.807) is 4.90 Å². The van der Waals surface area contributed by atoms with Gasteiger partial charge in [-0.25, -0.2) is 4.79 Å². The number of nitrogens with zero attached hydrogens (tertiary/aromatic N) is 2. The van der Waals surface area contributed by atoms with Crippen LogP contribution >= 0.6 is 0 Å². The minimum atomic E-state index is -0.939. The van der Waals surface area contributed by atoms with Crippen LogP contribution in [0.3, 0.4) is 0 Å². The van der Waals surface area contributed by atoms with Gasteiger partial charge in [-0.15, -0.1) is 0 Å². The van der Waals surface area contributed by atoms with Crippen LogP contribution in [0.5, 0.6) is 0 Å². The molecule has 2 amide bonds. The van der Waals surface area contributed by atoms with E-state index in [0.717, 1.165) is 5.56 Å². The van der Waals surface area contributed by atoms with Crippen LogP contribution in [0.15, 0.2) is 30.3 Å². The van der Waals surface area contributed by atoms with Gasteiger partial charge < -0.3 is 14.9 Å². The Balaban J connectivity index is 1.80. The number of likely N-dealkylation sites (tertiary alicyclic amines) is 2. The van der Waals surface area contributed by atoms with E-state index in [1.807, 2.05) is 30.3 Å². The van der Waals surface area contributed by atoms with E-state index in [9.17, 15) is 19.5 Å². The van der Waals surface area contributed by atoms with E-state index in [2.05, 4.69) is 0 Å². The summed E-state index contributed by atoms with van der Waals surface area (Å²) < 4.78 is 0. The predicted octanol–water partition coefficient (Wildman–Crippen LogP) is 1.96. The highest BCUT2D eigenvalue weighted by atomic mass is 16.4. The lowest BCUT2D eigenvalue weighted by Crippen LogP contribution is -2.49. The van der Waals surface area contributed by atoms with Gasteiger partial charge in [-0.05, 0) is 12.0 Å². The van der Waals surface area contributed by atoms with Crippen molar-refractivity contribution in [3.8, 4) is 0 Å². The second kappa shape index (κ2) is 7.03. The van der Waals surface area contributed by atoms with Crippen LogP contribution in [0.25, 0.3) is 0 Å². The highest BCUT2D eigenvalue weighted by Gasteiger charge is 2.39. The van der Waals surface area contributed by atoms with Crippen LogP contribution in [0.4, 0.5) is 4.79 Å². The molecular formula is C18H22N2O4. The second-order valence-electron chi connectivity index (χ2n) is 6.50. The fraction of sp³-hybridized carbons (Fsp3) is 0.500. The van der Waals surface area contributed by atoms with Gasteiger partial charge in [0.05, 0.1) is 0 Å². The Labute approximate surface area is 141 Å². The first-order valence-corrected chi connectivity index (χ1v) is 8.39. The first-order valence-electron chi connectivity index (χ1n) is 8.39. The molecule has 24 heavy (non-hydrogen) atoms. The van der Waals surface area contributed by atoms with Gasteiger partial charge >= 0.3 is 6.09 Å². The molecule has 2 atom stereocenters. The topological polar surface area (TPSA) is 77.9 Å². The number of benzene rings is 1. The van der Waals surface area contributed by atoms with Crippen LogP contribution < -0.4 is 0 Å². The fourth-order valence-electron chi connectivity index (χ4n) is 3.67. The highest BCUT2D eigenvalue weighted by Crippen LogP contribution is 2.34. The molecule has 3 rings (SSSR count). The number of Topliss-reactive ketones (excluding diaryl/α,β-unsaturated/α-hetero) is 1. The van der Waals surface area contributed by atoms with E-state index in [-0.39, 0.29) is 23.5 Å². The van der Waals surface area contributed by atoms with Crippen molar-refractivity contribution in [1.29, 1.82) is 0 Å². The molecule has 2 saturated heterocycles. The summed E-state index contributed by atoms with van der Waals surface area (Å²) in [4.78, 5) is 38.9. The third-order valence-corrected chi connectivity index (χ3v) is 5.06. The lowest BCUT2D eigenvalue weighted by Gasteiger charge is -2.39. The van der Waals surface area contributed by atoms with Crippen molar-refractivity contribution in [3.63, 3.8) is 0 Å². The van der Waals surface area contributed by atoms with Crippen molar-refractivity contribution in [2.45, 2.75) is 25.2 Å². The number of hydrogen-bond acceptors (Lipinski definition) is 3. The predicted molar refractivity (Wildman–Crippen MR) is 87.7 cm³/mol. The van der Waals surface area contributed by atoms with Crippen LogP contribution in [-0.4, -0.2) is 58.9 Å². The Morgan fingerprint density at radius 1 is 1.00 bits per heavy atom. The normalized spacial score (nSPS) is 24.8. The molecule has 0 aromatic heterocycles. The zero-order valence-corrected chi connectivity index (χ0v) is 13.6. The largest absolute Gasteiger partial charge is 0.465 e. The van der Waals surface area contributed by atoms with Crippen molar-refractivity contribution in [3.05, 3.63) is 35.9 Å². The van der Waals surface area contributed by atoms with Crippen LogP contribution in [0.1, 0.15) is 30.7 Å². The molecule has 128 valence electrons. The van der Waals surface area contributed by atoms with E-state index >= 15 is 0 Å². The number of hydrogen-bond donors (Lipinski definition) is 1. The molecule has 0 unspecified atom stereocenters. The van der Waals surface area contributed by atoms with Crippen molar-refractivity contribution >= 4 is 17.8 Å². The van der Waals surface area contributed by atoms with Gasteiger partial charge in [0.2, 0.25) is 5.91 Å². The summed E-state index contributed by atoms with van der Waals surface area (Å²) in [6.45, 7) is 1.68. The summed E-state index contributed by atoms with van der Waals surface area (Å²) >= 11 is 0. The van der Waals surface area contributed by atoms with E-state index in [4.69, 9.17) is 0 Å². The quantitative estimate of drug-likeness (QED) is 0.899. The maximum absolute atomic E-state index is 13.0. The summed E-state index contributed by atoms with van der Waals surface area (Å²) in [6.07, 6.45) is 0.436. The maximum atomic E-state index is 13.0. The molecule has 1 aromatic rings. The summed E-state index contributed by atoms with van der Waals surface area (Å²) in [5.74, 6) is -0.0990. The van der Waals surface area contributed by atoms with Crippen LogP contribution in [-0.2, 0) is 9.59 Å². The molecule has 6 heteroatoms. The maximum Gasteiger partial charge on any atom is 0.407 e. The average molecular weight is 330 g/mol. The Morgan fingerprint density at radius 3 is 2.29 bits per heavy atom. The van der Waals surface area contributed by atoms with Gasteiger partial charge in [0.15, 0.2) is 0 Å². The van der Waals surface area contributed by atoms with Crippen molar-refractivity contribution in [2.24, 2.45) is 5.92 Å². The third kappa shape index (κ3) is 3.42. The Bertz CT molecular complexity index is 621. The zero-order chi connectivity index (χ0) is 17.1. The molecular weight excluding hydrogens is 308 g/mol. The van der Waals surface area contributed by atoms with Gasteiger partial charge in [-0.3, -0.25) is 9.59 Å². The first kappa shape index (κ1) is 16.5.